The Morgan fingerprint density at radius 1 is 1.23 bits per heavy atom. The number of nitrogens with one attached hydrogen (secondary N) is 2. The molecule has 1 heterocycles. The minimum atomic E-state index is -0.578. The van der Waals surface area contributed by atoms with Gasteiger partial charge in [-0.05, 0) is 23.8 Å². The molecule has 0 amide bonds. The molecule has 3 rings (SSSR count). The fraction of sp³-hybridized carbons (Fsp3) is 0.0952. The Kier molecular flexibility index (Phi) is 6.20. The number of H-pyrrole nitrogens is 1. The van der Waals surface area contributed by atoms with Crippen LogP contribution in [0.4, 0.5) is 5.95 Å². The van der Waals surface area contributed by atoms with Crippen molar-refractivity contribution in [1.29, 1.82) is 5.26 Å². The number of aromatic nitrogens is 2. The first-order chi connectivity index (χ1) is 14.5. The molecule has 9 nitrogen and oxygen atoms in total. The second-order valence-electron chi connectivity index (χ2n) is 5.99. The van der Waals surface area contributed by atoms with Crippen molar-refractivity contribution in [1.82, 2.24) is 9.97 Å². The fourth-order valence-electron chi connectivity index (χ4n) is 2.61. The number of hydrogen-bond acceptors (Lipinski definition) is 8. The standard InChI is InChI=1S/C21H17N5O4/c1-13(27)30-18-10-14(8-9-17(18)29-2)12-23-26-21-24-19(15-6-4-3-5-7-15)16(11-22)20(28)25-21/h3-10,12H,1-2H3,(H2,24,25,26,28). The lowest BCUT2D eigenvalue weighted by molar-refractivity contribution is -0.132. The topological polar surface area (TPSA) is 129 Å². The van der Waals surface area contributed by atoms with Crippen LogP contribution in [-0.4, -0.2) is 29.3 Å². The molecular weight excluding hydrogens is 386 g/mol. The van der Waals surface area contributed by atoms with E-state index in [9.17, 15) is 14.9 Å². The van der Waals surface area contributed by atoms with Gasteiger partial charge in [0, 0.05) is 12.5 Å². The van der Waals surface area contributed by atoms with E-state index >= 15 is 0 Å². The van der Waals surface area contributed by atoms with E-state index in [1.54, 1.807) is 42.5 Å². The molecule has 0 bridgehead atoms. The second-order valence-corrected chi connectivity index (χ2v) is 5.99. The summed E-state index contributed by atoms with van der Waals surface area (Å²) in [4.78, 5) is 30.3. The molecule has 0 fully saturated rings. The highest BCUT2D eigenvalue weighted by atomic mass is 16.6. The maximum Gasteiger partial charge on any atom is 0.308 e. The van der Waals surface area contributed by atoms with Crippen molar-refractivity contribution in [2.75, 3.05) is 12.5 Å². The van der Waals surface area contributed by atoms with Gasteiger partial charge in [0.1, 0.15) is 11.6 Å². The summed E-state index contributed by atoms with van der Waals surface area (Å²) in [5.74, 6) is 0.252. The van der Waals surface area contributed by atoms with Crippen molar-refractivity contribution in [2.24, 2.45) is 5.10 Å². The zero-order valence-electron chi connectivity index (χ0n) is 16.2. The minimum absolute atomic E-state index is 0.0721. The van der Waals surface area contributed by atoms with E-state index < -0.39 is 11.5 Å². The van der Waals surface area contributed by atoms with Gasteiger partial charge < -0.3 is 9.47 Å². The third-order valence-electron chi connectivity index (χ3n) is 3.90. The molecule has 0 atom stereocenters. The van der Waals surface area contributed by atoms with Crippen LogP contribution in [0.2, 0.25) is 0 Å². The van der Waals surface area contributed by atoms with Crippen LogP contribution in [0, 0.1) is 11.3 Å². The molecule has 0 aliphatic heterocycles. The molecule has 150 valence electrons. The van der Waals surface area contributed by atoms with Gasteiger partial charge in [0.15, 0.2) is 11.5 Å². The number of nitriles is 1. The Labute approximate surface area is 171 Å². The molecule has 0 saturated carbocycles. The molecule has 30 heavy (non-hydrogen) atoms. The van der Waals surface area contributed by atoms with E-state index in [1.165, 1.54) is 20.2 Å². The summed E-state index contributed by atoms with van der Waals surface area (Å²) in [6.07, 6.45) is 1.45. The molecule has 2 N–H and O–H groups in total. The van der Waals surface area contributed by atoms with E-state index in [0.29, 0.717) is 16.9 Å². The first-order valence-corrected chi connectivity index (χ1v) is 8.77. The molecule has 0 saturated heterocycles. The van der Waals surface area contributed by atoms with E-state index in [1.807, 2.05) is 12.1 Å². The number of esters is 1. The maximum atomic E-state index is 12.2. The van der Waals surface area contributed by atoms with Gasteiger partial charge in [0.25, 0.3) is 5.56 Å². The van der Waals surface area contributed by atoms with Gasteiger partial charge in [-0.25, -0.2) is 10.4 Å². The van der Waals surface area contributed by atoms with Gasteiger partial charge in [-0.15, -0.1) is 0 Å². The quantitative estimate of drug-likeness (QED) is 0.280. The van der Waals surface area contributed by atoms with Gasteiger partial charge in [0.05, 0.1) is 19.0 Å². The Morgan fingerprint density at radius 3 is 2.67 bits per heavy atom. The number of carbonyl (C=O) groups excluding carboxylic acids is 1. The molecular formula is C21H17N5O4. The SMILES string of the molecule is COc1ccc(C=NNc2nc(-c3ccccc3)c(C#N)c(=O)[nH]2)cc1OC(C)=O. The number of carbonyl (C=O) groups is 1. The molecule has 2 aromatic carbocycles. The predicted molar refractivity (Wildman–Crippen MR) is 111 cm³/mol. The summed E-state index contributed by atoms with van der Waals surface area (Å²) in [6, 6.07) is 15.7. The molecule has 0 radical (unpaired) electrons. The van der Waals surface area contributed by atoms with Crippen molar-refractivity contribution in [3.05, 3.63) is 70.0 Å². The number of anilines is 1. The zero-order chi connectivity index (χ0) is 21.5. The van der Waals surface area contributed by atoms with E-state index in [0.717, 1.165) is 0 Å². The van der Waals surface area contributed by atoms with E-state index in [-0.39, 0.29) is 23.0 Å². The number of hydrazone groups is 1. The summed E-state index contributed by atoms with van der Waals surface area (Å²) in [7, 11) is 1.47. The van der Waals surface area contributed by atoms with Crippen molar-refractivity contribution in [2.45, 2.75) is 6.92 Å². The van der Waals surface area contributed by atoms with Crippen molar-refractivity contribution >= 4 is 18.1 Å². The van der Waals surface area contributed by atoms with Gasteiger partial charge in [-0.1, -0.05) is 30.3 Å². The lowest BCUT2D eigenvalue weighted by Gasteiger charge is -2.08. The summed E-state index contributed by atoms with van der Waals surface area (Å²) >= 11 is 0. The van der Waals surface area contributed by atoms with Crippen LogP contribution in [0.5, 0.6) is 11.5 Å². The highest BCUT2D eigenvalue weighted by Gasteiger charge is 2.13. The van der Waals surface area contributed by atoms with Gasteiger partial charge in [-0.2, -0.15) is 10.4 Å². The number of aromatic amines is 1. The smallest absolute Gasteiger partial charge is 0.308 e. The maximum absolute atomic E-state index is 12.2. The summed E-state index contributed by atoms with van der Waals surface area (Å²) < 4.78 is 10.3. The lowest BCUT2D eigenvalue weighted by Crippen LogP contribution is -2.16. The molecule has 9 heteroatoms. The average Bonchev–Trinajstić information content (AvgIpc) is 2.74. The van der Waals surface area contributed by atoms with Crippen LogP contribution >= 0.6 is 0 Å². The number of benzene rings is 2. The highest BCUT2D eigenvalue weighted by Crippen LogP contribution is 2.27. The predicted octanol–water partition coefficient (Wildman–Crippen LogP) is 2.69. The van der Waals surface area contributed by atoms with Crippen molar-refractivity contribution in [3.63, 3.8) is 0 Å². The van der Waals surface area contributed by atoms with Crippen LogP contribution in [-0.2, 0) is 4.79 Å². The summed E-state index contributed by atoms with van der Waals surface area (Å²) in [5.41, 5.74) is 3.47. The van der Waals surface area contributed by atoms with Gasteiger partial charge >= 0.3 is 5.97 Å². The summed E-state index contributed by atoms with van der Waals surface area (Å²) in [6.45, 7) is 1.29. The number of nitrogens with zero attached hydrogens (tertiary/aromatic N) is 3. The first kappa shape index (κ1) is 20.3. The Balaban J connectivity index is 1.87. The van der Waals surface area contributed by atoms with Crippen LogP contribution in [0.1, 0.15) is 18.1 Å². The van der Waals surface area contributed by atoms with Crippen LogP contribution < -0.4 is 20.5 Å². The van der Waals surface area contributed by atoms with Crippen molar-refractivity contribution in [3.8, 4) is 28.8 Å². The summed E-state index contributed by atoms with van der Waals surface area (Å²) in [5, 5.41) is 13.3. The van der Waals surface area contributed by atoms with Crippen LogP contribution in [0.3, 0.4) is 0 Å². The molecule has 3 aromatic rings. The van der Waals surface area contributed by atoms with E-state index in [4.69, 9.17) is 9.47 Å². The largest absolute Gasteiger partial charge is 0.493 e. The molecule has 0 aliphatic carbocycles. The third kappa shape index (κ3) is 4.69. The zero-order valence-corrected chi connectivity index (χ0v) is 16.2. The Bertz CT molecular complexity index is 1200. The lowest BCUT2D eigenvalue weighted by atomic mass is 10.1. The normalized spacial score (nSPS) is 10.4. The number of hydrogen-bond donors (Lipinski definition) is 2. The second kappa shape index (κ2) is 9.16. The first-order valence-electron chi connectivity index (χ1n) is 8.77. The molecule has 0 unspecified atom stereocenters. The molecule has 0 aliphatic rings. The molecule has 0 spiro atoms. The Morgan fingerprint density at radius 2 is 2.00 bits per heavy atom. The number of ether oxygens (including phenoxy) is 2. The third-order valence-corrected chi connectivity index (χ3v) is 3.90. The van der Waals surface area contributed by atoms with Gasteiger partial charge in [-0.3, -0.25) is 14.6 Å². The van der Waals surface area contributed by atoms with Crippen molar-refractivity contribution < 1.29 is 14.3 Å². The highest BCUT2D eigenvalue weighted by molar-refractivity contribution is 5.82. The number of methoxy groups -OCH3 is 1. The Hall–Kier alpha value is -4.45. The fourth-order valence-corrected chi connectivity index (χ4v) is 2.61. The van der Waals surface area contributed by atoms with Crippen LogP contribution in [0.25, 0.3) is 11.3 Å². The molecule has 1 aromatic heterocycles. The number of rotatable bonds is 6. The monoisotopic (exact) mass is 403 g/mol. The van der Waals surface area contributed by atoms with Crippen LogP contribution in [0.15, 0.2) is 58.4 Å². The van der Waals surface area contributed by atoms with Gasteiger partial charge in [0.2, 0.25) is 5.95 Å². The average molecular weight is 403 g/mol. The minimum Gasteiger partial charge on any atom is -0.493 e. The van der Waals surface area contributed by atoms with E-state index in [2.05, 4.69) is 20.5 Å².